The molecule has 0 aliphatic rings. The molecule has 0 spiro atoms. The Morgan fingerprint density at radius 1 is 0.706 bits per heavy atom. The lowest BCUT2D eigenvalue weighted by molar-refractivity contribution is 1.48. The van der Waals surface area contributed by atoms with E-state index in [1.807, 2.05) is 0 Å². The number of rotatable bonds is 3. The summed E-state index contributed by atoms with van der Waals surface area (Å²) in [5.41, 5.74) is 1.38. The molecular formula is C14H28Si3. The van der Waals surface area contributed by atoms with Gasteiger partial charge < -0.3 is 0 Å². The highest BCUT2D eigenvalue weighted by atomic mass is 29.6. The highest BCUT2D eigenvalue weighted by Gasteiger charge is 2.50. The van der Waals surface area contributed by atoms with Crippen LogP contribution in [0.15, 0.2) is 24.3 Å². The number of benzene rings is 1. The van der Waals surface area contributed by atoms with Crippen LogP contribution in [-0.2, 0) is 0 Å². The lowest BCUT2D eigenvalue weighted by atomic mass is 10.2. The highest BCUT2D eigenvalue weighted by molar-refractivity contribution is 7.70. The second-order valence-corrected chi connectivity index (χ2v) is 36.2. The van der Waals surface area contributed by atoms with Crippen LogP contribution in [-0.4, -0.2) is 22.3 Å². The van der Waals surface area contributed by atoms with Gasteiger partial charge in [0, 0.05) is 14.7 Å². The lowest BCUT2D eigenvalue weighted by Crippen LogP contribution is -2.73. The van der Waals surface area contributed by atoms with Gasteiger partial charge in [0.2, 0.25) is 0 Å². The van der Waals surface area contributed by atoms with Gasteiger partial charge in [0.1, 0.15) is 0 Å². The van der Waals surface area contributed by atoms with Crippen molar-refractivity contribution in [3.8, 4) is 0 Å². The van der Waals surface area contributed by atoms with Gasteiger partial charge in [-0.25, -0.2) is 0 Å². The van der Waals surface area contributed by atoms with E-state index in [0.717, 1.165) is 0 Å². The topological polar surface area (TPSA) is 0 Å². The van der Waals surface area contributed by atoms with Crippen molar-refractivity contribution < 1.29 is 0 Å². The van der Waals surface area contributed by atoms with Crippen LogP contribution in [0.2, 0.25) is 45.8 Å². The predicted molar refractivity (Wildman–Crippen MR) is 89.1 cm³/mol. The Balaban J connectivity index is 3.23. The fourth-order valence-electron chi connectivity index (χ4n) is 2.27. The van der Waals surface area contributed by atoms with Gasteiger partial charge in [-0.1, -0.05) is 80.8 Å². The first kappa shape index (κ1) is 14.9. The molecule has 0 heterocycles. The molecule has 3 heteroatoms. The SMILES string of the molecule is Cc1ccc([Si](C)(C)[Si](C)(C)[Si](C)(C)C)cc1. The molecule has 0 fully saturated rings. The van der Waals surface area contributed by atoms with Crippen LogP contribution in [0.3, 0.4) is 0 Å². The monoisotopic (exact) mass is 280 g/mol. The van der Waals surface area contributed by atoms with E-state index < -0.39 is 22.3 Å². The first-order valence-corrected chi connectivity index (χ1v) is 18.1. The zero-order valence-electron chi connectivity index (χ0n) is 12.8. The fraction of sp³-hybridized carbons (Fsp3) is 0.571. The summed E-state index contributed by atoms with van der Waals surface area (Å²) in [4.78, 5) is 0. The van der Waals surface area contributed by atoms with Gasteiger partial charge in [-0.15, -0.1) is 0 Å². The van der Waals surface area contributed by atoms with Crippen LogP contribution in [0.5, 0.6) is 0 Å². The third kappa shape index (κ3) is 2.66. The summed E-state index contributed by atoms with van der Waals surface area (Å²) < 4.78 is 0. The normalized spacial score (nSPS) is 13.9. The van der Waals surface area contributed by atoms with E-state index in [-0.39, 0.29) is 0 Å². The lowest BCUT2D eigenvalue weighted by Gasteiger charge is -2.47. The summed E-state index contributed by atoms with van der Waals surface area (Å²) in [6, 6.07) is 9.38. The van der Waals surface area contributed by atoms with Crippen molar-refractivity contribution >= 4 is 27.5 Å². The van der Waals surface area contributed by atoms with Crippen molar-refractivity contribution in [2.45, 2.75) is 52.8 Å². The molecule has 96 valence electrons. The quantitative estimate of drug-likeness (QED) is 0.731. The first-order chi connectivity index (χ1) is 7.50. The van der Waals surface area contributed by atoms with Gasteiger partial charge in [0.25, 0.3) is 0 Å². The highest BCUT2D eigenvalue weighted by Crippen LogP contribution is 2.28. The predicted octanol–water partition coefficient (Wildman–Crippen LogP) is 4.11. The minimum absolute atomic E-state index is 1.02. The second kappa shape index (κ2) is 4.52. The maximum Gasteiger partial charge on any atom is 0.0713 e. The van der Waals surface area contributed by atoms with Gasteiger partial charge in [-0.2, -0.15) is 0 Å². The molecule has 17 heavy (non-hydrogen) atoms. The summed E-state index contributed by atoms with van der Waals surface area (Å²) in [7, 11) is -3.39. The molecule has 0 unspecified atom stereocenters. The van der Waals surface area contributed by atoms with Crippen LogP contribution in [0.25, 0.3) is 0 Å². The van der Waals surface area contributed by atoms with Crippen molar-refractivity contribution in [1.82, 2.24) is 0 Å². The molecule has 0 atom stereocenters. The molecule has 0 nitrogen and oxygen atoms in total. The maximum absolute atomic E-state index is 2.64. The smallest absolute Gasteiger partial charge is 0.0713 e. The van der Waals surface area contributed by atoms with Crippen molar-refractivity contribution in [3.05, 3.63) is 29.8 Å². The minimum Gasteiger partial charge on any atom is -0.0728 e. The largest absolute Gasteiger partial charge is 0.0728 e. The van der Waals surface area contributed by atoms with Gasteiger partial charge in [-0.05, 0) is 6.92 Å². The molecule has 1 aromatic rings. The van der Waals surface area contributed by atoms with Gasteiger partial charge in [0.15, 0.2) is 0 Å². The molecule has 0 N–H and O–H groups in total. The maximum atomic E-state index is 2.64. The Bertz CT molecular complexity index is 383. The summed E-state index contributed by atoms with van der Waals surface area (Å²) in [5, 5.41) is 1.67. The summed E-state index contributed by atoms with van der Waals surface area (Å²) in [5.74, 6) is 0. The third-order valence-electron chi connectivity index (χ3n) is 5.21. The van der Waals surface area contributed by atoms with E-state index in [2.05, 4.69) is 77.0 Å². The molecule has 0 saturated carbocycles. The zero-order chi connectivity index (χ0) is 13.5. The molecule has 0 aromatic heterocycles. The number of aryl methyl sites for hydroxylation is 1. The van der Waals surface area contributed by atoms with E-state index in [1.54, 1.807) is 5.19 Å². The van der Waals surface area contributed by atoms with Crippen LogP contribution < -0.4 is 5.19 Å². The van der Waals surface area contributed by atoms with E-state index >= 15 is 0 Å². The Morgan fingerprint density at radius 2 is 1.12 bits per heavy atom. The van der Waals surface area contributed by atoms with Crippen LogP contribution in [0, 0.1) is 6.92 Å². The average molecular weight is 281 g/mol. The average Bonchev–Trinajstić information content (AvgIpc) is 2.16. The molecule has 1 aromatic carbocycles. The summed E-state index contributed by atoms with van der Waals surface area (Å²) in [6.45, 7) is 20.4. The van der Waals surface area contributed by atoms with Crippen LogP contribution in [0.4, 0.5) is 0 Å². The van der Waals surface area contributed by atoms with Gasteiger partial charge in [0.05, 0.1) is 7.59 Å². The standard InChI is InChI=1S/C14H28Si3/c1-13-9-11-14(12-10-13)16(5,6)17(7,8)15(2,3)4/h9-12H,1-8H3. The Morgan fingerprint density at radius 3 is 1.47 bits per heavy atom. The second-order valence-electron chi connectivity index (χ2n) is 7.37. The minimum atomic E-state index is -1.26. The molecule has 0 amide bonds. The van der Waals surface area contributed by atoms with Crippen molar-refractivity contribution in [1.29, 1.82) is 0 Å². The molecule has 1 rings (SSSR count). The molecule has 0 bridgehead atoms. The van der Waals surface area contributed by atoms with Gasteiger partial charge in [-0.3, -0.25) is 0 Å². The van der Waals surface area contributed by atoms with Gasteiger partial charge >= 0.3 is 0 Å². The third-order valence-corrected chi connectivity index (χ3v) is 47.7. The van der Waals surface area contributed by atoms with E-state index in [1.165, 1.54) is 5.56 Å². The fourth-order valence-corrected chi connectivity index (χ4v) is 32.3. The Kier molecular flexibility index (Phi) is 3.97. The molecule has 0 aliphatic heterocycles. The number of hydrogen-bond donors (Lipinski definition) is 0. The summed E-state index contributed by atoms with van der Waals surface area (Å²) >= 11 is 0. The molecule has 0 radical (unpaired) electrons. The van der Waals surface area contributed by atoms with Crippen LogP contribution >= 0.6 is 0 Å². The zero-order valence-corrected chi connectivity index (χ0v) is 15.8. The Labute approximate surface area is 110 Å². The van der Waals surface area contributed by atoms with E-state index in [0.29, 0.717) is 0 Å². The molecule has 0 aliphatic carbocycles. The van der Waals surface area contributed by atoms with Crippen LogP contribution in [0.1, 0.15) is 5.56 Å². The van der Waals surface area contributed by atoms with Crippen molar-refractivity contribution in [3.63, 3.8) is 0 Å². The molecule has 0 saturated heterocycles. The van der Waals surface area contributed by atoms with E-state index in [4.69, 9.17) is 0 Å². The summed E-state index contributed by atoms with van der Waals surface area (Å²) in [6.07, 6.45) is 0. The Hall–Kier alpha value is -0.129. The van der Waals surface area contributed by atoms with Crippen molar-refractivity contribution in [2.75, 3.05) is 0 Å². The van der Waals surface area contributed by atoms with E-state index in [9.17, 15) is 0 Å². The van der Waals surface area contributed by atoms with Crippen molar-refractivity contribution in [2.24, 2.45) is 0 Å². The first-order valence-electron chi connectivity index (χ1n) is 6.57. The molecular weight excluding hydrogens is 252 g/mol. The number of hydrogen-bond acceptors (Lipinski definition) is 0.